The number of nitrogens with zero attached hydrogens (tertiary/aromatic N) is 4. The van der Waals surface area contributed by atoms with E-state index in [-0.39, 0.29) is 4.90 Å². The Kier molecular flexibility index (Phi) is 7.84. The molecule has 0 spiro atoms. The highest BCUT2D eigenvalue weighted by Gasteiger charge is 2.24. The molecule has 0 radical (unpaired) electrons. The minimum absolute atomic E-state index is 0.220. The maximum Gasteiger partial charge on any atom is 0.243 e. The Hall–Kier alpha value is -1.91. The molecule has 10 heteroatoms. The second kappa shape index (κ2) is 9.73. The molecule has 1 aromatic carbocycles. The van der Waals surface area contributed by atoms with Gasteiger partial charge < -0.3 is 10.3 Å². The molecule has 0 fully saturated rings. The molecular weight excluding hydrogens is 410 g/mol. The van der Waals surface area contributed by atoms with Crippen LogP contribution in [0.5, 0.6) is 0 Å². The number of benzene rings is 1. The van der Waals surface area contributed by atoms with Crippen LogP contribution >= 0.6 is 11.8 Å². The molecule has 1 aromatic heterocycles. The Morgan fingerprint density at radius 3 is 2.41 bits per heavy atom. The summed E-state index contributed by atoms with van der Waals surface area (Å²) < 4.78 is 29.1. The van der Waals surface area contributed by atoms with Crippen LogP contribution in [0.2, 0.25) is 0 Å². The third kappa shape index (κ3) is 5.37. The molecule has 1 atom stereocenters. The number of amides is 1. The fourth-order valence-corrected chi connectivity index (χ4v) is 5.16. The van der Waals surface area contributed by atoms with Gasteiger partial charge in [-0.25, -0.2) is 8.42 Å². The Morgan fingerprint density at radius 2 is 1.86 bits per heavy atom. The summed E-state index contributed by atoms with van der Waals surface area (Å²) in [5.41, 5.74) is 6.04. The summed E-state index contributed by atoms with van der Waals surface area (Å²) in [7, 11) is -3.58. The molecule has 2 N–H and O–H groups in total. The van der Waals surface area contributed by atoms with Crippen LogP contribution in [-0.2, 0) is 21.4 Å². The van der Waals surface area contributed by atoms with E-state index in [0.717, 1.165) is 0 Å². The lowest BCUT2D eigenvalue weighted by molar-refractivity contribution is -0.117. The second-order valence-electron chi connectivity index (χ2n) is 7.09. The van der Waals surface area contributed by atoms with Crippen LogP contribution < -0.4 is 5.73 Å². The maximum atomic E-state index is 12.9. The Balaban J connectivity index is 2.52. The third-order valence-corrected chi connectivity index (χ3v) is 7.53. The molecule has 0 saturated carbocycles. The van der Waals surface area contributed by atoms with Crippen molar-refractivity contribution in [3.63, 3.8) is 0 Å². The fourth-order valence-electron chi connectivity index (χ4n) is 2.84. The number of nitrogens with two attached hydrogens (primary N) is 1. The van der Waals surface area contributed by atoms with E-state index in [0.29, 0.717) is 42.1 Å². The SMILES string of the molecule is CCN(CC)S(=O)(=O)c1cccc(-c2nnc(S[C@H](C)C(N)=O)n2CC(C)C)c1. The van der Waals surface area contributed by atoms with Crippen LogP contribution in [0, 0.1) is 5.92 Å². The highest BCUT2D eigenvalue weighted by molar-refractivity contribution is 8.00. The van der Waals surface area contributed by atoms with Crippen molar-refractivity contribution in [3.05, 3.63) is 24.3 Å². The van der Waals surface area contributed by atoms with Crippen LogP contribution in [0.1, 0.15) is 34.6 Å². The predicted molar refractivity (Wildman–Crippen MR) is 115 cm³/mol. The van der Waals surface area contributed by atoms with Gasteiger partial charge in [-0.1, -0.05) is 51.6 Å². The average Bonchev–Trinajstić information content (AvgIpc) is 3.04. The van der Waals surface area contributed by atoms with Crippen molar-refractivity contribution in [2.75, 3.05) is 13.1 Å². The van der Waals surface area contributed by atoms with Gasteiger partial charge in [0.1, 0.15) is 0 Å². The van der Waals surface area contributed by atoms with E-state index >= 15 is 0 Å². The molecule has 0 aliphatic carbocycles. The molecule has 1 heterocycles. The Labute approximate surface area is 176 Å². The number of rotatable bonds is 10. The van der Waals surface area contributed by atoms with Crippen molar-refractivity contribution >= 4 is 27.7 Å². The molecule has 8 nitrogen and oxygen atoms in total. The van der Waals surface area contributed by atoms with Gasteiger partial charge in [0.05, 0.1) is 10.1 Å². The quantitative estimate of drug-likeness (QED) is 0.570. The van der Waals surface area contributed by atoms with Crippen molar-refractivity contribution < 1.29 is 13.2 Å². The average molecular weight is 440 g/mol. The highest BCUT2D eigenvalue weighted by atomic mass is 32.2. The number of carbonyl (C=O) groups is 1. The van der Waals surface area contributed by atoms with Crippen LogP contribution in [0.4, 0.5) is 0 Å². The number of carbonyl (C=O) groups excluding carboxylic acids is 1. The van der Waals surface area contributed by atoms with Gasteiger partial charge in [0, 0.05) is 25.2 Å². The number of primary amides is 1. The number of hydrogen-bond donors (Lipinski definition) is 1. The summed E-state index contributed by atoms with van der Waals surface area (Å²) in [5.74, 6) is 0.438. The van der Waals surface area contributed by atoms with E-state index in [1.165, 1.54) is 16.1 Å². The molecule has 2 rings (SSSR count). The van der Waals surface area contributed by atoms with Gasteiger partial charge in [-0.15, -0.1) is 10.2 Å². The number of aromatic nitrogens is 3. The molecule has 29 heavy (non-hydrogen) atoms. The lowest BCUT2D eigenvalue weighted by Crippen LogP contribution is -2.30. The summed E-state index contributed by atoms with van der Waals surface area (Å²) >= 11 is 1.25. The van der Waals surface area contributed by atoms with Crippen LogP contribution in [0.3, 0.4) is 0 Å². The highest BCUT2D eigenvalue weighted by Crippen LogP contribution is 2.29. The topological polar surface area (TPSA) is 111 Å². The van der Waals surface area contributed by atoms with Crippen molar-refractivity contribution in [1.29, 1.82) is 0 Å². The fraction of sp³-hybridized carbons (Fsp3) is 0.526. The van der Waals surface area contributed by atoms with E-state index in [1.807, 2.05) is 24.5 Å². The van der Waals surface area contributed by atoms with E-state index < -0.39 is 21.2 Å². The first kappa shape index (κ1) is 23.4. The summed E-state index contributed by atoms with van der Waals surface area (Å²) in [6.45, 7) is 10.9. The van der Waals surface area contributed by atoms with E-state index in [4.69, 9.17) is 5.73 Å². The zero-order chi connectivity index (χ0) is 21.8. The first-order valence-corrected chi connectivity index (χ1v) is 11.9. The first-order chi connectivity index (χ1) is 13.6. The zero-order valence-electron chi connectivity index (χ0n) is 17.5. The lowest BCUT2D eigenvalue weighted by atomic mass is 10.2. The van der Waals surface area contributed by atoms with E-state index in [9.17, 15) is 13.2 Å². The second-order valence-corrected chi connectivity index (χ2v) is 10.3. The maximum absolute atomic E-state index is 12.9. The van der Waals surface area contributed by atoms with Crippen molar-refractivity contribution in [3.8, 4) is 11.4 Å². The van der Waals surface area contributed by atoms with Gasteiger partial charge in [0.2, 0.25) is 15.9 Å². The molecule has 2 aromatic rings. The summed E-state index contributed by atoms with van der Waals surface area (Å²) in [4.78, 5) is 11.7. The van der Waals surface area contributed by atoms with Gasteiger partial charge in [0.25, 0.3) is 0 Å². The van der Waals surface area contributed by atoms with Crippen molar-refractivity contribution in [1.82, 2.24) is 19.1 Å². The number of thioether (sulfide) groups is 1. The van der Waals surface area contributed by atoms with Crippen molar-refractivity contribution in [2.45, 2.75) is 56.5 Å². The summed E-state index contributed by atoms with van der Waals surface area (Å²) in [6.07, 6.45) is 0. The molecule has 0 aliphatic rings. The van der Waals surface area contributed by atoms with Gasteiger partial charge in [-0.2, -0.15) is 4.31 Å². The summed E-state index contributed by atoms with van der Waals surface area (Å²) in [6, 6.07) is 6.73. The normalized spacial score (nSPS) is 13.2. The van der Waals surface area contributed by atoms with Gasteiger partial charge in [-0.05, 0) is 25.0 Å². The molecule has 160 valence electrons. The Bertz CT molecular complexity index is 953. The first-order valence-electron chi connectivity index (χ1n) is 9.61. The molecule has 0 unspecified atom stereocenters. The molecular formula is C19H29N5O3S2. The number of hydrogen-bond acceptors (Lipinski definition) is 6. The standard InChI is InChI=1S/C19H29N5O3S2/c1-6-23(7-2)29(26,27)16-10-8-9-15(11-16)18-21-22-19(24(18)12-13(3)4)28-14(5)17(20)25/h8-11,13-14H,6-7,12H2,1-5H3,(H2,20,25)/t14-/m1/s1. The van der Waals surface area contributed by atoms with Crippen molar-refractivity contribution in [2.24, 2.45) is 11.7 Å². The number of sulfonamides is 1. The smallest absolute Gasteiger partial charge is 0.243 e. The molecule has 0 bridgehead atoms. The van der Waals surface area contributed by atoms with Crippen LogP contribution in [-0.4, -0.2) is 51.7 Å². The molecule has 0 aliphatic heterocycles. The zero-order valence-corrected chi connectivity index (χ0v) is 19.1. The monoisotopic (exact) mass is 439 g/mol. The van der Waals surface area contributed by atoms with Gasteiger partial charge in [0.15, 0.2) is 11.0 Å². The van der Waals surface area contributed by atoms with E-state index in [2.05, 4.69) is 24.0 Å². The minimum Gasteiger partial charge on any atom is -0.369 e. The predicted octanol–water partition coefficient (Wildman–Crippen LogP) is 2.60. The van der Waals surface area contributed by atoms with Crippen LogP contribution in [0.15, 0.2) is 34.3 Å². The third-order valence-electron chi connectivity index (χ3n) is 4.38. The van der Waals surface area contributed by atoms with Crippen LogP contribution in [0.25, 0.3) is 11.4 Å². The molecule has 0 saturated heterocycles. The minimum atomic E-state index is -3.58. The summed E-state index contributed by atoms with van der Waals surface area (Å²) in [5, 5.41) is 8.66. The van der Waals surface area contributed by atoms with E-state index in [1.54, 1.807) is 25.1 Å². The molecule has 1 amide bonds. The Morgan fingerprint density at radius 1 is 1.21 bits per heavy atom. The van der Waals surface area contributed by atoms with Gasteiger partial charge >= 0.3 is 0 Å². The van der Waals surface area contributed by atoms with Gasteiger partial charge in [-0.3, -0.25) is 4.79 Å². The lowest BCUT2D eigenvalue weighted by Gasteiger charge is -2.19. The largest absolute Gasteiger partial charge is 0.369 e.